The van der Waals surface area contributed by atoms with Gasteiger partial charge in [-0.3, -0.25) is 0 Å². The van der Waals surface area contributed by atoms with E-state index in [0.29, 0.717) is 18.9 Å². The average molecular weight is 280 g/mol. The summed E-state index contributed by atoms with van der Waals surface area (Å²) in [5.41, 5.74) is 0.836. The van der Waals surface area contributed by atoms with E-state index in [4.69, 9.17) is 4.74 Å². The smallest absolute Gasteiger partial charge is 0.165 e. The van der Waals surface area contributed by atoms with Crippen molar-refractivity contribution in [1.29, 1.82) is 0 Å². The molecule has 0 saturated heterocycles. The number of hydrogen-bond donors (Lipinski definition) is 1. The zero-order chi connectivity index (χ0) is 13.7. The zero-order valence-electron chi connectivity index (χ0n) is 11.1. The third-order valence-corrected chi connectivity index (χ3v) is 3.53. The van der Waals surface area contributed by atoms with Gasteiger partial charge < -0.3 is 10.1 Å². The molecule has 0 atom stereocenters. The van der Waals surface area contributed by atoms with Crippen LogP contribution in [0.3, 0.4) is 0 Å². The molecule has 1 heterocycles. The Morgan fingerprint density at radius 3 is 2.95 bits per heavy atom. The lowest BCUT2D eigenvalue weighted by Crippen LogP contribution is -2.13. The first-order valence-corrected chi connectivity index (χ1v) is 7.04. The molecule has 102 valence electrons. The van der Waals surface area contributed by atoms with Crippen molar-refractivity contribution in [3.8, 4) is 5.75 Å². The summed E-state index contributed by atoms with van der Waals surface area (Å²) in [5.74, 6) is 0.00569. The van der Waals surface area contributed by atoms with Gasteiger partial charge in [0.1, 0.15) is 6.61 Å². The number of aromatic nitrogens is 1. The Hall–Kier alpha value is -1.46. The molecule has 1 aromatic carbocycles. The monoisotopic (exact) mass is 280 g/mol. The Bertz CT molecular complexity index is 542. The molecule has 0 saturated carbocycles. The molecule has 19 heavy (non-hydrogen) atoms. The number of hydrogen-bond acceptors (Lipinski definition) is 4. The first-order valence-electron chi connectivity index (χ1n) is 6.23. The SMILES string of the molecule is CCNCc1cccc(F)c1OCc1cnc(C)s1. The van der Waals surface area contributed by atoms with Gasteiger partial charge in [0.25, 0.3) is 0 Å². The first kappa shape index (κ1) is 14.0. The number of halogens is 1. The summed E-state index contributed by atoms with van der Waals surface area (Å²) in [6.07, 6.45) is 1.77. The molecule has 2 aromatic rings. The minimum atomic E-state index is -0.323. The van der Waals surface area contributed by atoms with Crippen LogP contribution >= 0.6 is 11.3 Å². The van der Waals surface area contributed by atoms with Crippen LogP contribution in [0.4, 0.5) is 4.39 Å². The second-order valence-electron chi connectivity index (χ2n) is 4.14. The first-order chi connectivity index (χ1) is 9.20. The van der Waals surface area contributed by atoms with Gasteiger partial charge in [-0.15, -0.1) is 11.3 Å². The fourth-order valence-electron chi connectivity index (χ4n) is 1.73. The number of aryl methyl sites for hydroxylation is 1. The number of benzene rings is 1. The quantitative estimate of drug-likeness (QED) is 0.881. The molecule has 1 aromatic heterocycles. The summed E-state index contributed by atoms with van der Waals surface area (Å²) in [6, 6.07) is 4.99. The van der Waals surface area contributed by atoms with Gasteiger partial charge in [0.15, 0.2) is 11.6 Å². The highest BCUT2D eigenvalue weighted by atomic mass is 32.1. The molecule has 3 nitrogen and oxygen atoms in total. The fourth-order valence-corrected chi connectivity index (χ4v) is 2.44. The molecule has 2 rings (SSSR count). The van der Waals surface area contributed by atoms with E-state index in [-0.39, 0.29) is 5.82 Å². The van der Waals surface area contributed by atoms with Gasteiger partial charge in [-0.25, -0.2) is 9.37 Å². The summed E-state index contributed by atoms with van der Waals surface area (Å²) in [5, 5.41) is 4.16. The van der Waals surface area contributed by atoms with Crippen molar-refractivity contribution in [2.75, 3.05) is 6.54 Å². The Balaban J connectivity index is 2.09. The molecule has 0 fully saturated rings. The van der Waals surface area contributed by atoms with Crippen molar-refractivity contribution in [1.82, 2.24) is 10.3 Å². The van der Waals surface area contributed by atoms with Crippen LogP contribution in [0.25, 0.3) is 0 Å². The number of rotatable bonds is 6. The van der Waals surface area contributed by atoms with Crippen molar-refractivity contribution >= 4 is 11.3 Å². The lowest BCUT2D eigenvalue weighted by atomic mass is 10.2. The normalized spacial score (nSPS) is 10.7. The lowest BCUT2D eigenvalue weighted by Gasteiger charge is -2.11. The molecule has 0 unspecified atom stereocenters. The van der Waals surface area contributed by atoms with Gasteiger partial charge in [0.05, 0.1) is 9.88 Å². The van der Waals surface area contributed by atoms with E-state index in [2.05, 4.69) is 10.3 Å². The minimum Gasteiger partial charge on any atom is -0.485 e. The maximum Gasteiger partial charge on any atom is 0.165 e. The molecule has 0 amide bonds. The second kappa shape index (κ2) is 6.63. The molecular formula is C14H17FN2OS. The van der Waals surface area contributed by atoms with Crippen molar-refractivity contribution in [3.63, 3.8) is 0 Å². The topological polar surface area (TPSA) is 34.1 Å². The van der Waals surface area contributed by atoms with Crippen LogP contribution in [0, 0.1) is 12.7 Å². The van der Waals surface area contributed by atoms with E-state index in [1.54, 1.807) is 23.6 Å². The van der Waals surface area contributed by atoms with Crippen molar-refractivity contribution in [3.05, 3.63) is 45.7 Å². The Morgan fingerprint density at radius 1 is 1.42 bits per heavy atom. The number of nitrogens with zero attached hydrogens (tertiary/aromatic N) is 1. The number of nitrogens with one attached hydrogen (secondary N) is 1. The predicted molar refractivity (Wildman–Crippen MR) is 75.0 cm³/mol. The third kappa shape index (κ3) is 3.75. The van der Waals surface area contributed by atoms with Crippen LogP contribution < -0.4 is 10.1 Å². The third-order valence-electron chi connectivity index (χ3n) is 2.64. The molecule has 0 radical (unpaired) electrons. The van der Waals surface area contributed by atoms with E-state index in [9.17, 15) is 4.39 Å². The van der Waals surface area contributed by atoms with Gasteiger partial charge in [-0.1, -0.05) is 19.1 Å². The number of para-hydroxylation sites is 1. The van der Waals surface area contributed by atoms with Gasteiger partial charge in [-0.2, -0.15) is 0 Å². The van der Waals surface area contributed by atoms with E-state index in [1.165, 1.54) is 6.07 Å². The van der Waals surface area contributed by atoms with Crippen molar-refractivity contribution in [2.45, 2.75) is 27.0 Å². The van der Waals surface area contributed by atoms with Crippen molar-refractivity contribution in [2.24, 2.45) is 0 Å². The summed E-state index contributed by atoms with van der Waals surface area (Å²) in [7, 11) is 0. The summed E-state index contributed by atoms with van der Waals surface area (Å²) in [4.78, 5) is 5.15. The predicted octanol–water partition coefficient (Wildman–Crippen LogP) is 3.28. The Kier molecular flexibility index (Phi) is 4.87. The van der Waals surface area contributed by atoms with Crippen LogP contribution in [-0.4, -0.2) is 11.5 Å². The molecule has 0 aliphatic rings. The van der Waals surface area contributed by atoms with Gasteiger partial charge in [-0.05, 0) is 19.5 Å². The van der Waals surface area contributed by atoms with E-state index < -0.39 is 0 Å². The summed E-state index contributed by atoms with van der Waals surface area (Å²) < 4.78 is 19.4. The summed E-state index contributed by atoms with van der Waals surface area (Å²) in [6.45, 7) is 5.74. The molecule has 0 aliphatic heterocycles. The maximum absolute atomic E-state index is 13.8. The zero-order valence-corrected chi connectivity index (χ0v) is 11.9. The fraction of sp³-hybridized carbons (Fsp3) is 0.357. The highest BCUT2D eigenvalue weighted by Crippen LogP contribution is 2.24. The van der Waals surface area contributed by atoms with Crippen LogP contribution in [0.5, 0.6) is 5.75 Å². The van der Waals surface area contributed by atoms with E-state index in [1.807, 2.05) is 19.9 Å². The van der Waals surface area contributed by atoms with Gasteiger partial charge in [0.2, 0.25) is 0 Å². The van der Waals surface area contributed by atoms with Crippen LogP contribution in [0.2, 0.25) is 0 Å². The van der Waals surface area contributed by atoms with Gasteiger partial charge in [0, 0.05) is 18.3 Å². The average Bonchev–Trinajstić information content (AvgIpc) is 2.81. The van der Waals surface area contributed by atoms with Crippen LogP contribution in [0.15, 0.2) is 24.4 Å². The number of thiazole rings is 1. The summed E-state index contributed by atoms with van der Waals surface area (Å²) >= 11 is 1.56. The molecule has 0 bridgehead atoms. The van der Waals surface area contributed by atoms with E-state index in [0.717, 1.165) is 22.0 Å². The second-order valence-corrected chi connectivity index (χ2v) is 5.46. The van der Waals surface area contributed by atoms with Gasteiger partial charge >= 0.3 is 0 Å². The van der Waals surface area contributed by atoms with Crippen LogP contribution in [-0.2, 0) is 13.2 Å². The lowest BCUT2D eigenvalue weighted by molar-refractivity contribution is 0.289. The largest absolute Gasteiger partial charge is 0.485 e. The highest BCUT2D eigenvalue weighted by molar-refractivity contribution is 7.11. The highest BCUT2D eigenvalue weighted by Gasteiger charge is 2.10. The molecule has 0 aliphatic carbocycles. The molecule has 5 heteroatoms. The standard InChI is InChI=1S/C14H17FN2OS/c1-3-16-7-11-5-4-6-13(15)14(11)18-9-12-8-17-10(2)19-12/h4-6,8,16H,3,7,9H2,1-2H3. The Morgan fingerprint density at radius 2 is 2.26 bits per heavy atom. The minimum absolute atomic E-state index is 0.323. The molecular weight excluding hydrogens is 263 g/mol. The Labute approximate surface area is 116 Å². The number of ether oxygens (including phenoxy) is 1. The maximum atomic E-state index is 13.8. The molecule has 1 N–H and O–H groups in total. The van der Waals surface area contributed by atoms with Crippen molar-refractivity contribution < 1.29 is 9.13 Å². The van der Waals surface area contributed by atoms with Crippen LogP contribution in [0.1, 0.15) is 22.4 Å². The van der Waals surface area contributed by atoms with E-state index >= 15 is 0 Å². The molecule has 0 spiro atoms.